The summed E-state index contributed by atoms with van der Waals surface area (Å²) < 4.78 is 5.64. The summed E-state index contributed by atoms with van der Waals surface area (Å²) in [6.45, 7) is 14.3. The Balaban J connectivity index is 0.00000225. The van der Waals surface area contributed by atoms with E-state index >= 15 is 0 Å². The van der Waals surface area contributed by atoms with E-state index in [2.05, 4.69) is 27.4 Å². The van der Waals surface area contributed by atoms with Crippen molar-refractivity contribution in [1.29, 1.82) is 0 Å². The third-order valence-electron chi connectivity index (χ3n) is 5.10. The van der Waals surface area contributed by atoms with E-state index in [4.69, 9.17) is 9.72 Å². The van der Waals surface area contributed by atoms with Crippen molar-refractivity contribution in [2.24, 2.45) is 5.92 Å². The Morgan fingerprint density at radius 1 is 1.32 bits per heavy atom. The molecule has 7 heteroatoms. The lowest BCUT2D eigenvalue weighted by molar-refractivity contribution is 0.0757. The molecule has 2 aliphatic rings. The van der Waals surface area contributed by atoms with Crippen LogP contribution in [0.2, 0.25) is 0 Å². The molecule has 25 heavy (non-hydrogen) atoms. The highest BCUT2D eigenvalue weighted by Gasteiger charge is 2.22. The summed E-state index contributed by atoms with van der Waals surface area (Å²) in [6, 6.07) is 0. The van der Waals surface area contributed by atoms with Crippen LogP contribution in [0.4, 0.5) is 0 Å². The number of nitrogens with zero attached hydrogens (tertiary/aromatic N) is 3. The van der Waals surface area contributed by atoms with E-state index in [-0.39, 0.29) is 18.5 Å². The number of aromatic nitrogens is 1. The van der Waals surface area contributed by atoms with Crippen molar-refractivity contribution >= 4 is 23.7 Å². The summed E-state index contributed by atoms with van der Waals surface area (Å²) >= 11 is 1.73. The van der Waals surface area contributed by atoms with Crippen LogP contribution in [0.3, 0.4) is 0 Å². The maximum absolute atomic E-state index is 5.64. The molecule has 0 saturated carbocycles. The van der Waals surface area contributed by atoms with Crippen molar-refractivity contribution in [2.75, 3.05) is 52.4 Å². The standard InChI is InChI=1S/C18H32N4OS.ClH/c1-3-23-15(2)18-20-17(14-24-18)13-22-9-7-21(8-10-22)12-16-5-4-6-19-11-16;/h14-16,19H,3-13H2,1-2H3;1H. The maximum Gasteiger partial charge on any atom is 0.122 e. The topological polar surface area (TPSA) is 40.6 Å². The molecule has 0 spiro atoms. The first-order valence-corrected chi connectivity index (χ1v) is 10.3. The molecule has 1 aromatic heterocycles. The Morgan fingerprint density at radius 3 is 2.76 bits per heavy atom. The number of hydrogen-bond donors (Lipinski definition) is 1. The average Bonchev–Trinajstić information content (AvgIpc) is 3.06. The highest BCUT2D eigenvalue weighted by Crippen LogP contribution is 2.22. The minimum atomic E-state index is 0. The molecule has 3 heterocycles. The van der Waals surface area contributed by atoms with Crippen LogP contribution in [0.5, 0.6) is 0 Å². The van der Waals surface area contributed by atoms with Gasteiger partial charge in [0.05, 0.1) is 5.69 Å². The number of halogens is 1. The highest BCUT2D eigenvalue weighted by atomic mass is 35.5. The molecule has 2 saturated heterocycles. The minimum absolute atomic E-state index is 0. The van der Waals surface area contributed by atoms with Crippen LogP contribution >= 0.6 is 23.7 Å². The van der Waals surface area contributed by atoms with Crippen LogP contribution in [0, 0.1) is 5.92 Å². The van der Waals surface area contributed by atoms with Gasteiger partial charge < -0.3 is 15.0 Å². The molecule has 2 atom stereocenters. The molecule has 5 nitrogen and oxygen atoms in total. The Hall–Kier alpha value is -0.240. The molecule has 0 aromatic carbocycles. The zero-order chi connectivity index (χ0) is 16.8. The number of rotatable bonds is 7. The third-order valence-corrected chi connectivity index (χ3v) is 6.15. The molecule has 2 unspecified atom stereocenters. The Kier molecular flexibility index (Phi) is 9.10. The second kappa shape index (κ2) is 10.8. The number of hydrogen-bond acceptors (Lipinski definition) is 6. The molecular weight excluding hydrogens is 356 g/mol. The molecule has 2 fully saturated rings. The largest absolute Gasteiger partial charge is 0.372 e. The van der Waals surface area contributed by atoms with Gasteiger partial charge in [0.15, 0.2) is 0 Å². The number of piperidine rings is 1. The Labute approximate surface area is 162 Å². The van der Waals surface area contributed by atoms with Crippen molar-refractivity contribution in [3.05, 3.63) is 16.1 Å². The van der Waals surface area contributed by atoms with Gasteiger partial charge in [-0.3, -0.25) is 4.90 Å². The van der Waals surface area contributed by atoms with Crippen molar-refractivity contribution in [2.45, 2.75) is 39.3 Å². The molecule has 144 valence electrons. The summed E-state index contributed by atoms with van der Waals surface area (Å²) in [6.07, 6.45) is 2.86. The predicted molar refractivity (Wildman–Crippen MR) is 107 cm³/mol. The lowest BCUT2D eigenvalue weighted by Gasteiger charge is -2.37. The first-order chi connectivity index (χ1) is 11.7. The fourth-order valence-corrected chi connectivity index (χ4v) is 4.52. The second-order valence-electron chi connectivity index (χ2n) is 7.06. The SMILES string of the molecule is CCOC(C)c1nc(CN2CCN(CC3CCCNC3)CC2)cs1.Cl. The van der Waals surface area contributed by atoms with E-state index in [1.165, 1.54) is 51.3 Å². The van der Waals surface area contributed by atoms with Crippen LogP contribution in [0.15, 0.2) is 5.38 Å². The van der Waals surface area contributed by atoms with Crippen LogP contribution in [0.25, 0.3) is 0 Å². The third kappa shape index (κ3) is 6.45. The molecule has 0 radical (unpaired) electrons. The second-order valence-corrected chi connectivity index (χ2v) is 7.95. The first kappa shape index (κ1) is 21.1. The molecule has 1 N–H and O–H groups in total. The summed E-state index contributed by atoms with van der Waals surface area (Å²) in [5.74, 6) is 0.853. The molecule has 0 bridgehead atoms. The number of piperazine rings is 1. The fraction of sp³-hybridized carbons (Fsp3) is 0.833. The molecular formula is C18H33ClN4OS. The zero-order valence-corrected chi connectivity index (χ0v) is 17.2. The van der Waals surface area contributed by atoms with Crippen LogP contribution in [0.1, 0.15) is 43.5 Å². The van der Waals surface area contributed by atoms with E-state index in [1.54, 1.807) is 11.3 Å². The van der Waals surface area contributed by atoms with Crippen molar-refractivity contribution in [3.63, 3.8) is 0 Å². The Morgan fingerprint density at radius 2 is 2.08 bits per heavy atom. The number of ether oxygens (including phenoxy) is 1. The van der Waals surface area contributed by atoms with E-state index < -0.39 is 0 Å². The van der Waals surface area contributed by atoms with Crippen molar-refractivity contribution < 1.29 is 4.74 Å². The van der Waals surface area contributed by atoms with Gasteiger partial charge in [-0.1, -0.05) is 0 Å². The molecule has 2 aliphatic heterocycles. The van der Waals surface area contributed by atoms with Crippen LogP contribution in [-0.2, 0) is 11.3 Å². The first-order valence-electron chi connectivity index (χ1n) is 9.46. The van der Waals surface area contributed by atoms with Gasteiger partial charge in [-0.2, -0.15) is 0 Å². The van der Waals surface area contributed by atoms with Gasteiger partial charge in [0.1, 0.15) is 11.1 Å². The average molecular weight is 389 g/mol. The smallest absolute Gasteiger partial charge is 0.122 e. The van der Waals surface area contributed by atoms with E-state index in [1.807, 2.05) is 6.92 Å². The van der Waals surface area contributed by atoms with E-state index in [0.717, 1.165) is 37.2 Å². The summed E-state index contributed by atoms with van der Waals surface area (Å²) in [5.41, 5.74) is 1.20. The fourth-order valence-electron chi connectivity index (χ4n) is 3.71. The van der Waals surface area contributed by atoms with Gasteiger partial charge in [-0.05, 0) is 45.7 Å². The van der Waals surface area contributed by atoms with Crippen LogP contribution < -0.4 is 5.32 Å². The monoisotopic (exact) mass is 388 g/mol. The Bertz CT molecular complexity index is 487. The van der Waals surface area contributed by atoms with Gasteiger partial charge in [0, 0.05) is 51.3 Å². The quantitative estimate of drug-likeness (QED) is 0.777. The summed E-state index contributed by atoms with van der Waals surface area (Å²) in [4.78, 5) is 9.96. The van der Waals surface area contributed by atoms with Gasteiger partial charge in [0.2, 0.25) is 0 Å². The highest BCUT2D eigenvalue weighted by molar-refractivity contribution is 7.09. The minimum Gasteiger partial charge on any atom is -0.372 e. The van der Waals surface area contributed by atoms with Gasteiger partial charge in [-0.25, -0.2) is 4.98 Å². The normalized spacial score (nSPS) is 24.0. The lowest BCUT2D eigenvalue weighted by Crippen LogP contribution is -2.48. The maximum atomic E-state index is 5.64. The molecule has 0 aliphatic carbocycles. The summed E-state index contributed by atoms with van der Waals surface area (Å²) in [7, 11) is 0. The zero-order valence-electron chi connectivity index (χ0n) is 15.6. The van der Waals surface area contributed by atoms with Crippen LogP contribution in [-0.4, -0.2) is 67.2 Å². The van der Waals surface area contributed by atoms with Gasteiger partial charge >= 0.3 is 0 Å². The van der Waals surface area contributed by atoms with E-state index in [0.29, 0.717) is 0 Å². The van der Waals surface area contributed by atoms with Crippen molar-refractivity contribution in [3.8, 4) is 0 Å². The predicted octanol–water partition coefficient (Wildman–Crippen LogP) is 2.78. The molecule has 1 aromatic rings. The molecule has 0 amide bonds. The van der Waals surface area contributed by atoms with Gasteiger partial charge in [0.25, 0.3) is 0 Å². The molecule has 3 rings (SSSR count). The van der Waals surface area contributed by atoms with Crippen molar-refractivity contribution in [1.82, 2.24) is 20.1 Å². The van der Waals surface area contributed by atoms with E-state index in [9.17, 15) is 0 Å². The van der Waals surface area contributed by atoms with Gasteiger partial charge in [-0.15, -0.1) is 23.7 Å². The summed E-state index contributed by atoms with van der Waals surface area (Å²) in [5, 5.41) is 6.84. The lowest BCUT2D eigenvalue weighted by atomic mass is 9.99. The number of nitrogens with one attached hydrogen (secondary N) is 1. The number of thiazole rings is 1.